The molecular weight excluding hydrogens is 296 g/mol. The van der Waals surface area contributed by atoms with Crippen LogP contribution < -0.4 is 15.5 Å². The summed E-state index contributed by atoms with van der Waals surface area (Å²) in [6.45, 7) is 8.47. The molecule has 7 nitrogen and oxygen atoms in total. The largest absolute Gasteiger partial charge is 0.444 e. The molecule has 0 spiro atoms. The van der Waals surface area contributed by atoms with Crippen molar-refractivity contribution < 1.29 is 14.3 Å². The molecule has 0 aliphatic rings. The lowest BCUT2D eigenvalue weighted by atomic mass is 10.1. The maximum absolute atomic E-state index is 12.3. The molecule has 128 valence electrons. The number of amides is 2. The minimum Gasteiger partial charge on any atom is -0.444 e. The molecule has 0 aromatic carbocycles. The lowest BCUT2D eigenvalue weighted by Gasteiger charge is -2.27. The van der Waals surface area contributed by atoms with Crippen molar-refractivity contribution in [3.8, 4) is 0 Å². The van der Waals surface area contributed by atoms with Gasteiger partial charge in [0.15, 0.2) is 0 Å². The molecule has 0 atom stereocenters. The zero-order valence-electron chi connectivity index (χ0n) is 14.9. The predicted octanol–water partition coefficient (Wildman–Crippen LogP) is 2.39. The summed E-state index contributed by atoms with van der Waals surface area (Å²) in [7, 11) is 3.81. The first kappa shape index (κ1) is 18.7. The highest BCUT2D eigenvalue weighted by Crippen LogP contribution is 2.14. The highest BCUT2D eigenvalue weighted by Gasteiger charge is 2.31. The van der Waals surface area contributed by atoms with Crippen LogP contribution in [-0.4, -0.2) is 42.2 Å². The maximum atomic E-state index is 12.3. The molecule has 2 amide bonds. The molecule has 0 fully saturated rings. The summed E-state index contributed by atoms with van der Waals surface area (Å²) in [5.74, 6) is 0.0353. The van der Waals surface area contributed by atoms with Crippen LogP contribution in [-0.2, 0) is 9.53 Å². The van der Waals surface area contributed by atoms with Crippen molar-refractivity contribution in [3.63, 3.8) is 0 Å². The van der Waals surface area contributed by atoms with E-state index in [2.05, 4.69) is 15.6 Å². The molecule has 23 heavy (non-hydrogen) atoms. The van der Waals surface area contributed by atoms with Gasteiger partial charge in [0.2, 0.25) is 0 Å². The molecule has 7 heteroatoms. The van der Waals surface area contributed by atoms with E-state index in [4.69, 9.17) is 4.74 Å². The molecule has 1 aromatic rings. The van der Waals surface area contributed by atoms with Gasteiger partial charge in [0, 0.05) is 14.1 Å². The van der Waals surface area contributed by atoms with Crippen LogP contribution in [0.25, 0.3) is 0 Å². The van der Waals surface area contributed by atoms with Gasteiger partial charge in [-0.25, -0.2) is 9.78 Å². The highest BCUT2D eigenvalue weighted by molar-refractivity contribution is 5.98. The molecule has 0 radical (unpaired) electrons. The molecule has 0 saturated carbocycles. The number of pyridine rings is 1. The van der Waals surface area contributed by atoms with Gasteiger partial charge < -0.3 is 20.3 Å². The monoisotopic (exact) mass is 322 g/mol. The van der Waals surface area contributed by atoms with E-state index in [0.717, 1.165) is 5.69 Å². The number of rotatable bonds is 4. The van der Waals surface area contributed by atoms with Crippen molar-refractivity contribution in [1.29, 1.82) is 0 Å². The Balaban J connectivity index is 2.69. The molecule has 0 saturated heterocycles. The average molecular weight is 322 g/mol. The smallest absolute Gasteiger partial charge is 0.408 e. The summed E-state index contributed by atoms with van der Waals surface area (Å²) < 4.78 is 5.16. The zero-order chi connectivity index (χ0) is 17.8. The van der Waals surface area contributed by atoms with Crippen LogP contribution >= 0.6 is 0 Å². The number of nitrogens with zero attached hydrogens (tertiary/aromatic N) is 2. The van der Waals surface area contributed by atoms with E-state index < -0.39 is 17.2 Å². The Hall–Kier alpha value is -2.31. The minimum atomic E-state index is -1.13. The van der Waals surface area contributed by atoms with Gasteiger partial charge in [-0.3, -0.25) is 4.79 Å². The molecule has 1 rings (SSSR count). The van der Waals surface area contributed by atoms with Gasteiger partial charge in [-0.05, 0) is 46.8 Å². The number of nitrogens with one attached hydrogen (secondary N) is 2. The van der Waals surface area contributed by atoms with Gasteiger partial charge in [0.1, 0.15) is 17.0 Å². The summed E-state index contributed by atoms with van der Waals surface area (Å²) in [5, 5.41) is 5.23. The fourth-order valence-corrected chi connectivity index (χ4v) is 1.61. The van der Waals surface area contributed by atoms with Crippen molar-refractivity contribution >= 4 is 23.5 Å². The Morgan fingerprint density at radius 1 is 1.13 bits per heavy atom. The van der Waals surface area contributed by atoms with Crippen molar-refractivity contribution in [2.45, 2.75) is 45.8 Å². The first-order valence-electron chi connectivity index (χ1n) is 7.37. The van der Waals surface area contributed by atoms with Gasteiger partial charge in [-0.1, -0.05) is 0 Å². The molecule has 0 unspecified atom stereocenters. The third kappa shape index (κ3) is 6.14. The molecule has 0 aliphatic heterocycles. The number of hydrogen-bond donors (Lipinski definition) is 2. The van der Waals surface area contributed by atoms with Crippen molar-refractivity contribution in [1.82, 2.24) is 10.3 Å². The molecular formula is C16H26N4O3. The van der Waals surface area contributed by atoms with Crippen LogP contribution in [0.4, 0.5) is 16.3 Å². The quantitative estimate of drug-likeness (QED) is 0.889. The molecule has 1 heterocycles. The Labute approximate surface area is 137 Å². The summed E-state index contributed by atoms with van der Waals surface area (Å²) in [6.07, 6.45) is 1.01. The van der Waals surface area contributed by atoms with Gasteiger partial charge in [-0.2, -0.15) is 0 Å². The van der Waals surface area contributed by atoms with Gasteiger partial charge in [0.25, 0.3) is 5.91 Å². The molecule has 1 aromatic heterocycles. The number of aromatic nitrogens is 1. The number of alkyl carbamates (subject to hydrolysis) is 1. The van der Waals surface area contributed by atoms with Crippen LogP contribution in [0.3, 0.4) is 0 Å². The predicted molar refractivity (Wildman–Crippen MR) is 90.6 cm³/mol. The Morgan fingerprint density at radius 2 is 1.74 bits per heavy atom. The van der Waals surface area contributed by atoms with Gasteiger partial charge >= 0.3 is 6.09 Å². The SMILES string of the molecule is CN(C)c1ccc(NC(=O)C(C)(C)NC(=O)OC(C)(C)C)nc1. The Morgan fingerprint density at radius 3 is 2.17 bits per heavy atom. The second-order valence-corrected chi connectivity index (χ2v) is 7.00. The maximum Gasteiger partial charge on any atom is 0.408 e. The zero-order valence-corrected chi connectivity index (χ0v) is 14.9. The number of hydrogen-bond acceptors (Lipinski definition) is 5. The first-order valence-corrected chi connectivity index (χ1v) is 7.37. The lowest BCUT2D eigenvalue weighted by Crippen LogP contribution is -2.53. The van der Waals surface area contributed by atoms with E-state index in [9.17, 15) is 9.59 Å². The second kappa shape index (κ2) is 6.85. The Bertz CT molecular complexity index is 560. The highest BCUT2D eigenvalue weighted by atomic mass is 16.6. The molecule has 2 N–H and O–H groups in total. The molecule has 0 aliphatic carbocycles. The number of carbonyl (C=O) groups is 2. The average Bonchev–Trinajstić information content (AvgIpc) is 2.36. The van der Waals surface area contributed by atoms with Crippen LogP contribution in [0.1, 0.15) is 34.6 Å². The van der Waals surface area contributed by atoms with Crippen LogP contribution in [0, 0.1) is 0 Å². The number of anilines is 2. The number of ether oxygens (including phenoxy) is 1. The minimum absolute atomic E-state index is 0.381. The van der Waals surface area contributed by atoms with Crippen LogP contribution in [0.15, 0.2) is 18.3 Å². The third-order valence-corrected chi connectivity index (χ3v) is 2.89. The summed E-state index contributed by atoms with van der Waals surface area (Å²) in [5.41, 5.74) is -0.834. The summed E-state index contributed by atoms with van der Waals surface area (Å²) in [6, 6.07) is 3.55. The number of carbonyl (C=O) groups excluding carboxylic acids is 2. The third-order valence-electron chi connectivity index (χ3n) is 2.89. The van der Waals surface area contributed by atoms with E-state index >= 15 is 0 Å². The van der Waals surface area contributed by atoms with E-state index in [1.807, 2.05) is 25.1 Å². The molecule has 0 bridgehead atoms. The van der Waals surface area contributed by atoms with E-state index in [1.165, 1.54) is 0 Å². The standard InChI is InChI=1S/C16H26N4O3/c1-15(2,3)23-14(22)19-16(4,5)13(21)18-12-9-8-11(10-17-12)20(6)7/h8-10H,1-7H3,(H,19,22)(H,17,18,21). The van der Waals surface area contributed by atoms with Crippen molar-refractivity contribution in [2.75, 3.05) is 24.3 Å². The second-order valence-electron chi connectivity index (χ2n) is 7.00. The lowest BCUT2D eigenvalue weighted by molar-refractivity contribution is -0.121. The summed E-state index contributed by atoms with van der Waals surface area (Å²) >= 11 is 0. The normalized spacial score (nSPS) is 11.6. The van der Waals surface area contributed by atoms with Gasteiger partial charge in [-0.15, -0.1) is 0 Å². The fourth-order valence-electron chi connectivity index (χ4n) is 1.61. The first-order chi connectivity index (χ1) is 10.4. The topological polar surface area (TPSA) is 83.6 Å². The van der Waals surface area contributed by atoms with Gasteiger partial charge in [0.05, 0.1) is 11.9 Å². The van der Waals surface area contributed by atoms with Crippen molar-refractivity contribution in [3.05, 3.63) is 18.3 Å². The van der Waals surface area contributed by atoms with Crippen LogP contribution in [0.5, 0.6) is 0 Å². The Kier molecular flexibility index (Phi) is 5.58. The van der Waals surface area contributed by atoms with Crippen LogP contribution in [0.2, 0.25) is 0 Å². The van der Waals surface area contributed by atoms with E-state index in [-0.39, 0.29) is 5.91 Å². The van der Waals surface area contributed by atoms with E-state index in [1.54, 1.807) is 46.9 Å². The fraction of sp³-hybridized carbons (Fsp3) is 0.562. The summed E-state index contributed by atoms with van der Waals surface area (Å²) in [4.78, 5) is 30.2. The van der Waals surface area contributed by atoms with E-state index in [0.29, 0.717) is 5.82 Å². The van der Waals surface area contributed by atoms with Crippen molar-refractivity contribution in [2.24, 2.45) is 0 Å².